The lowest BCUT2D eigenvalue weighted by Gasteiger charge is -2.31. The van der Waals surface area contributed by atoms with Crippen molar-refractivity contribution in [3.05, 3.63) is 59.1 Å². The van der Waals surface area contributed by atoms with E-state index < -0.39 is 16.1 Å². The van der Waals surface area contributed by atoms with Gasteiger partial charge in [-0.05, 0) is 49.9 Å². The Morgan fingerprint density at radius 2 is 1.71 bits per heavy atom. The number of nitrogens with zero attached hydrogens (tertiary/aromatic N) is 2. The predicted molar refractivity (Wildman–Crippen MR) is 153 cm³/mol. The van der Waals surface area contributed by atoms with Gasteiger partial charge in [0, 0.05) is 31.1 Å². The Balaban J connectivity index is 2.24. The number of anilines is 1. The normalized spacial score (nSPS) is 12.0. The molecule has 2 rings (SSSR count). The maximum absolute atomic E-state index is 13.5. The second-order valence-corrected chi connectivity index (χ2v) is 11.3. The average Bonchev–Trinajstić information content (AvgIpc) is 2.87. The molecular weight excluding hydrogens is 526 g/mol. The molecule has 0 aliphatic carbocycles. The molecule has 2 aromatic carbocycles. The van der Waals surface area contributed by atoms with E-state index in [2.05, 4.69) is 5.32 Å². The van der Waals surface area contributed by atoms with Crippen molar-refractivity contribution in [1.29, 1.82) is 0 Å². The number of para-hydroxylation sites is 2. The molecule has 2 aromatic rings. The van der Waals surface area contributed by atoms with Crippen LogP contribution in [0.5, 0.6) is 5.75 Å². The van der Waals surface area contributed by atoms with Gasteiger partial charge in [-0.25, -0.2) is 8.42 Å². The minimum absolute atomic E-state index is 0.0615. The molecule has 0 radical (unpaired) electrons. The van der Waals surface area contributed by atoms with E-state index in [0.717, 1.165) is 24.7 Å². The Morgan fingerprint density at radius 3 is 2.34 bits per heavy atom. The number of hydrogen-bond donors (Lipinski definition) is 1. The molecule has 38 heavy (non-hydrogen) atoms. The van der Waals surface area contributed by atoms with Crippen molar-refractivity contribution in [2.75, 3.05) is 30.3 Å². The maximum Gasteiger partial charge on any atom is 0.242 e. The van der Waals surface area contributed by atoms with Crippen molar-refractivity contribution >= 4 is 39.1 Å². The SMILES string of the molecule is CCCCNC(=O)C(CC)N(Cc1ccccc1Cl)C(=O)CCCN(c1ccccc1OCC)S(C)(=O)=O. The zero-order valence-electron chi connectivity index (χ0n) is 22.8. The van der Waals surface area contributed by atoms with Crippen molar-refractivity contribution in [3.8, 4) is 5.75 Å². The quantitative estimate of drug-likeness (QED) is 0.289. The lowest BCUT2D eigenvalue weighted by molar-refractivity contribution is -0.141. The van der Waals surface area contributed by atoms with Crippen LogP contribution in [0.2, 0.25) is 5.02 Å². The van der Waals surface area contributed by atoms with Crippen LogP contribution in [-0.4, -0.2) is 57.1 Å². The summed E-state index contributed by atoms with van der Waals surface area (Å²) in [6.45, 7) is 6.95. The van der Waals surface area contributed by atoms with Crippen molar-refractivity contribution in [3.63, 3.8) is 0 Å². The van der Waals surface area contributed by atoms with Gasteiger partial charge in [0.05, 0.1) is 18.6 Å². The van der Waals surface area contributed by atoms with Crippen LogP contribution in [0.3, 0.4) is 0 Å². The second-order valence-electron chi connectivity index (χ2n) is 9.02. The molecule has 0 aromatic heterocycles. The van der Waals surface area contributed by atoms with Crippen molar-refractivity contribution in [1.82, 2.24) is 10.2 Å². The molecule has 0 saturated heterocycles. The van der Waals surface area contributed by atoms with Crippen molar-refractivity contribution < 1.29 is 22.7 Å². The highest BCUT2D eigenvalue weighted by molar-refractivity contribution is 7.92. The molecule has 0 heterocycles. The molecule has 0 spiro atoms. The standard InChI is InChI=1S/C28H40ClN3O5S/c1-5-8-19-30-28(34)24(6-2)31(21-22-14-9-10-15-23(22)29)27(33)18-13-20-32(38(4,35)36)25-16-11-12-17-26(25)37-7-3/h9-12,14-17,24H,5-8,13,18-21H2,1-4H3,(H,30,34). The van der Waals surface area contributed by atoms with Crippen molar-refractivity contribution in [2.24, 2.45) is 0 Å². The summed E-state index contributed by atoms with van der Waals surface area (Å²) in [6.07, 6.45) is 3.69. The highest BCUT2D eigenvalue weighted by Crippen LogP contribution is 2.30. The molecule has 1 atom stereocenters. The minimum Gasteiger partial charge on any atom is -0.492 e. The number of carbonyl (C=O) groups excluding carboxylic acids is 2. The van der Waals surface area contributed by atoms with Crippen LogP contribution < -0.4 is 14.4 Å². The van der Waals surface area contributed by atoms with Gasteiger partial charge in [-0.1, -0.05) is 62.2 Å². The second kappa shape index (κ2) is 15.6. The molecule has 1 unspecified atom stereocenters. The molecule has 0 fully saturated rings. The molecule has 2 amide bonds. The lowest BCUT2D eigenvalue weighted by atomic mass is 10.1. The molecule has 1 N–H and O–H groups in total. The number of hydrogen-bond acceptors (Lipinski definition) is 5. The van der Waals surface area contributed by atoms with Gasteiger partial charge in [0.1, 0.15) is 11.8 Å². The highest BCUT2D eigenvalue weighted by Gasteiger charge is 2.29. The summed E-state index contributed by atoms with van der Waals surface area (Å²) in [5.41, 5.74) is 1.17. The smallest absolute Gasteiger partial charge is 0.242 e. The summed E-state index contributed by atoms with van der Waals surface area (Å²) < 4.78 is 32.2. The Hall–Kier alpha value is -2.78. The Bertz CT molecular complexity index is 1160. The first-order valence-electron chi connectivity index (χ1n) is 13.1. The zero-order valence-corrected chi connectivity index (χ0v) is 24.4. The Labute approximate surface area is 232 Å². The van der Waals surface area contributed by atoms with Gasteiger partial charge in [0.2, 0.25) is 21.8 Å². The van der Waals surface area contributed by atoms with E-state index in [1.54, 1.807) is 35.2 Å². The van der Waals surface area contributed by atoms with Gasteiger partial charge >= 0.3 is 0 Å². The van der Waals surface area contributed by atoms with Gasteiger partial charge < -0.3 is 15.0 Å². The van der Waals surface area contributed by atoms with Crippen LogP contribution in [0.4, 0.5) is 5.69 Å². The summed E-state index contributed by atoms with van der Waals surface area (Å²) in [5.74, 6) is 0.0145. The number of unbranched alkanes of at least 4 members (excludes halogenated alkanes) is 1. The van der Waals surface area contributed by atoms with Crippen LogP contribution in [0.25, 0.3) is 0 Å². The summed E-state index contributed by atoms with van der Waals surface area (Å²) in [6, 6.07) is 13.5. The van der Waals surface area contributed by atoms with Crippen LogP contribution >= 0.6 is 11.6 Å². The van der Waals surface area contributed by atoms with Gasteiger partial charge in [-0.15, -0.1) is 0 Å². The number of nitrogens with one attached hydrogen (secondary N) is 1. The summed E-state index contributed by atoms with van der Waals surface area (Å²) in [5, 5.41) is 3.45. The van der Waals surface area contributed by atoms with Crippen LogP contribution in [0, 0.1) is 0 Å². The number of sulfonamides is 1. The topological polar surface area (TPSA) is 96.0 Å². The largest absolute Gasteiger partial charge is 0.492 e. The monoisotopic (exact) mass is 565 g/mol. The molecule has 0 aliphatic rings. The van der Waals surface area contributed by atoms with E-state index in [9.17, 15) is 18.0 Å². The molecule has 210 valence electrons. The van der Waals surface area contributed by atoms with E-state index >= 15 is 0 Å². The Morgan fingerprint density at radius 1 is 1.03 bits per heavy atom. The fourth-order valence-electron chi connectivity index (χ4n) is 4.16. The molecular formula is C28H40ClN3O5S. The zero-order chi connectivity index (χ0) is 28.1. The highest BCUT2D eigenvalue weighted by atomic mass is 35.5. The summed E-state index contributed by atoms with van der Waals surface area (Å²) in [4.78, 5) is 28.1. The summed E-state index contributed by atoms with van der Waals surface area (Å²) >= 11 is 6.38. The molecule has 10 heteroatoms. The molecule has 0 bridgehead atoms. The van der Waals surface area contributed by atoms with E-state index in [1.807, 2.05) is 39.0 Å². The third-order valence-electron chi connectivity index (χ3n) is 6.10. The van der Waals surface area contributed by atoms with E-state index in [0.29, 0.717) is 36.0 Å². The first-order chi connectivity index (χ1) is 18.1. The number of rotatable bonds is 16. The number of halogens is 1. The van der Waals surface area contributed by atoms with E-state index in [-0.39, 0.29) is 37.7 Å². The predicted octanol–water partition coefficient (Wildman–Crippen LogP) is 5.01. The van der Waals surface area contributed by atoms with Gasteiger partial charge in [-0.2, -0.15) is 0 Å². The van der Waals surface area contributed by atoms with Crippen LogP contribution in [0.1, 0.15) is 58.4 Å². The van der Waals surface area contributed by atoms with Gasteiger partial charge in [-0.3, -0.25) is 13.9 Å². The number of amides is 2. The van der Waals surface area contributed by atoms with E-state index in [4.69, 9.17) is 16.3 Å². The first-order valence-corrected chi connectivity index (χ1v) is 15.4. The molecule has 8 nitrogen and oxygen atoms in total. The van der Waals surface area contributed by atoms with E-state index in [1.165, 1.54) is 4.31 Å². The summed E-state index contributed by atoms with van der Waals surface area (Å²) in [7, 11) is -3.63. The number of benzene rings is 2. The fourth-order valence-corrected chi connectivity index (χ4v) is 5.32. The van der Waals surface area contributed by atoms with Gasteiger partial charge in [0.25, 0.3) is 0 Å². The lowest BCUT2D eigenvalue weighted by Crippen LogP contribution is -2.49. The maximum atomic E-state index is 13.5. The third kappa shape index (κ3) is 9.20. The third-order valence-corrected chi connectivity index (χ3v) is 7.65. The fraction of sp³-hybridized carbons (Fsp3) is 0.500. The van der Waals surface area contributed by atoms with Gasteiger partial charge in [0.15, 0.2) is 0 Å². The number of carbonyl (C=O) groups is 2. The van der Waals surface area contributed by atoms with Crippen LogP contribution in [-0.2, 0) is 26.2 Å². The minimum atomic E-state index is -3.63. The van der Waals surface area contributed by atoms with Crippen LogP contribution in [0.15, 0.2) is 48.5 Å². The first kappa shape index (κ1) is 31.4. The van der Waals surface area contributed by atoms with Crippen molar-refractivity contribution in [2.45, 2.75) is 65.5 Å². The average molecular weight is 566 g/mol. The Kier molecular flexibility index (Phi) is 12.9. The number of ether oxygens (including phenoxy) is 1. The molecule has 0 saturated carbocycles. The molecule has 0 aliphatic heterocycles.